The summed E-state index contributed by atoms with van der Waals surface area (Å²) >= 11 is 2.64. The van der Waals surface area contributed by atoms with E-state index in [2.05, 4.69) is 50.7 Å². The van der Waals surface area contributed by atoms with Crippen LogP contribution in [0.25, 0.3) is 11.3 Å². The molecule has 109 heavy (non-hydrogen) atoms. The number of carbonyl (C=O) groups is 6. The maximum absolute atomic E-state index is 13.8. The highest BCUT2D eigenvalue weighted by atomic mass is 32.2. The standard InChI is InChI=1S/C35H34N6O7S.C35H33N5O7S.C4H9NO2.C4H8O/c1-19-6-12-22(13-7-19)31(42)45-18-25-26(47-32(43)23-14-8-20(2)9-15-23)35(4,48-33(44)24-16-10-21(3)11-17-24)27(46-25)28-38-39-29-30(49-5)37-34(36)40-41(28)29;1-20-6-12-23(13-7-20)32(41)44-18-26-27(46-33(42)24-14-8-21(2)9-15-24)35(4,47-34(43)25-16-10-22(3)11-17-25)28(45-26)29-38-39-30-31(48-5)36-19-37-40(29)30;1-4(2,3)7-5-6;1-2-4-5-3-1/h6-17,25-27H,18H2,1-5H3,(H2,36,40);6-17,19,26-28H,18H2,1-5H3;1-3H3;1-4H2/t25-,26-,27+,35-;26-,27-,28+,35-;;/m11../s1. The molecule has 10 aromatic rings. The van der Waals surface area contributed by atoms with Crippen molar-refractivity contribution >= 4 is 76.6 Å². The monoisotopic (exact) mass is 1520 g/mol. The molecule has 8 atom stereocenters. The highest BCUT2D eigenvalue weighted by Crippen LogP contribution is 2.48. The number of nitrogens with two attached hydrogens (primary N) is 1. The first kappa shape index (κ1) is 80.4. The van der Waals surface area contributed by atoms with Crippen LogP contribution in [0, 0.1) is 46.4 Å². The van der Waals surface area contributed by atoms with Crippen LogP contribution in [0.15, 0.2) is 167 Å². The largest absolute Gasteiger partial charge is 0.459 e. The number of hydrogen-bond donors (Lipinski definition) is 1. The number of hydrogen-bond acceptors (Lipinski definition) is 29. The van der Waals surface area contributed by atoms with Crippen LogP contribution in [0.3, 0.4) is 0 Å². The quantitative estimate of drug-likeness (QED) is 0.0258. The summed E-state index contributed by atoms with van der Waals surface area (Å²) in [6, 6.07) is 41.1. The van der Waals surface area contributed by atoms with Crippen LogP contribution in [-0.2, 0) is 47.5 Å². The van der Waals surface area contributed by atoms with Crippen LogP contribution in [0.5, 0.6) is 0 Å². The van der Waals surface area contributed by atoms with E-state index in [1.165, 1.54) is 51.7 Å². The number of ether oxygens (including phenoxy) is 9. The lowest BCUT2D eigenvalue weighted by Crippen LogP contribution is -2.50. The number of esters is 6. The lowest BCUT2D eigenvalue weighted by molar-refractivity contribution is -0.0909. The molecule has 6 aromatic carbocycles. The molecule has 0 spiro atoms. The van der Waals surface area contributed by atoms with Gasteiger partial charge in [0.05, 0.1) is 33.4 Å². The first-order chi connectivity index (χ1) is 52.1. The molecule has 7 heterocycles. The number of aromatic nitrogens is 10. The number of fused-ring (bicyclic) bond motifs is 2. The summed E-state index contributed by atoms with van der Waals surface area (Å²) in [6.07, 6.45) is 0.338. The van der Waals surface area contributed by atoms with Crippen molar-refractivity contribution in [1.82, 2.24) is 49.6 Å². The predicted octanol–water partition coefficient (Wildman–Crippen LogP) is 12.5. The van der Waals surface area contributed by atoms with E-state index in [1.54, 1.807) is 186 Å². The zero-order valence-electron chi connectivity index (χ0n) is 62.4. The number of anilines is 1. The molecule has 3 fully saturated rings. The Morgan fingerprint density at radius 3 is 1.17 bits per heavy atom. The van der Waals surface area contributed by atoms with E-state index in [0.717, 1.165) is 46.6 Å². The van der Waals surface area contributed by atoms with Crippen LogP contribution in [0.4, 0.5) is 5.95 Å². The van der Waals surface area contributed by atoms with Crippen molar-refractivity contribution in [2.45, 2.75) is 152 Å². The van der Waals surface area contributed by atoms with Gasteiger partial charge in [0.15, 0.2) is 52.6 Å². The van der Waals surface area contributed by atoms with Crippen molar-refractivity contribution in [3.8, 4) is 0 Å². The Bertz CT molecular complexity index is 4840. The van der Waals surface area contributed by atoms with Crippen molar-refractivity contribution in [2.75, 3.05) is 44.7 Å². The van der Waals surface area contributed by atoms with Gasteiger partial charge in [-0.25, -0.2) is 38.7 Å². The fourth-order valence-electron chi connectivity index (χ4n) is 11.6. The minimum atomic E-state index is -1.76. The van der Waals surface area contributed by atoms with Crippen LogP contribution in [0.2, 0.25) is 0 Å². The molecular weight excluding hydrogens is 1440 g/mol. The minimum absolute atomic E-state index is 0.0554. The van der Waals surface area contributed by atoms with Crippen molar-refractivity contribution in [2.24, 2.45) is 5.34 Å². The molecule has 13 rings (SSSR count). The molecule has 0 aliphatic carbocycles. The third kappa shape index (κ3) is 19.8. The first-order valence-electron chi connectivity index (χ1n) is 34.7. The smallest absolute Gasteiger partial charge is 0.338 e. The molecule has 0 radical (unpaired) electrons. The summed E-state index contributed by atoms with van der Waals surface area (Å²) in [4.78, 5) is 103. The maximum Gasteiger partial charge on any atom is 0.338 e. The normalized spacial score (nSPS) is 19.9. The average Bonchev–Trinajstić information content (AvgIpc) is 1.59. The molecule has 2 N–H and O–H groups in total. The van der Waals surface area contributed by atoms with E-state index >= 15 is 0 Å². The summed E-state index contributed by atoms with van der Waals surface area (Å²) in [7, 11) is 0. The Morgan fingerprint density at radius 2 is 0.844 bits per heavy atom. The molecule has 29 nitrogen and oxygen atoms in total. The maximum atomic E-state index is 13.8. The average molecular weight is 1530 g/mol. The SMILES string of the molecule is C1CCOC1.CC(C)(C)ON=O.CSc1nc(N)nn2c([C@@H]3O[C@H](COC(=O)c4ccc(C)cc4)[C@@H](OC(=O)c4ccc(C)cc4)[C@@]3(C)OC(=O)c3ccc(C)cc3)nnc12.CSc1ncnn2c([C@@H]3O[C@H](COC(=O)c4ccc(C)cc4)[C@@H](OC(=O)c4ccc(C)cc4)[C@@]3(C)OC(=O)c3ccc(C)cc3)nnc12. The summed E-state index contributed by atoms with van der Waals surface area (Å²) < 4.78 is 57.0. The van der Waals surface area contributed by atoms with Gasteiger partial charge in [-0.3, -0.25) is 0 Å². The molecule has 0 bridgehead atoms. The van der Waals surface area contributed by atoms with Gasteiger partial charge < -0.3 is 53.2 Å². The number of carbonyl (C=O) groups excluding carboxylic acids is 6. The van der Waals surface area contributed by atoms with Gasteiger partial charge in [-0.15, -0.1) is 53.9 Å². The zero-order chi connectivity index (χ0) is 78.3. The Kier molecular flexibility index (Phi) is 26.4. The Morgan fingerprint density at radius 1 is 0.505 bits per heavy atom. The van der Waals surface area contributed by atoms with Crippen LogP contribution < -0.4 is 5.73 Å². The van der Waals surface area contributed by atoms with Crippen LogP contribution in [-0.4, -0.2) is 166 Å². The summed E-state index contributed by atoms with van der Waals surface area (Å²) in [5.74, 6) is -3.79. The van der Waals surface area contributed by atoms with Crippen molar-refractivity contribution < 1.29 is 76.2 Å². The highest BCUT2D eigenvalue weighted by Gasteiger charge is 2.63. The Labute approximate surface area is 636 Å². The number of nitrogen functional groups attached to an aromatic ring is 1. The third-order valence-electron chi connectivity index (χ3n) is 17.5. The van der Waals surface area contributed by atoms with E-state index in [0.29, 0.717) is 26.8 Å². The fourth-order valence-corrected chi connectivity index (χ4v) is 12.5. The van der Waals surface area contributed by atoms with Gasteiger partial charge in [-0.05, 0) is 174 Å². The number of aryl methyl sites for hydroxylation is 6. The molecule has 0 amide bonds. The molecule has 0 unspecified atom stereocenters. The van der Waals surface area contributed by atoms with E-state index in [9.17, 15) is 33.7 Å². The number of thioether (sulfide) groups is 2. The molecule has 4 aromatic heterocycles. The fraction of sp³-hybridized carbons (Fsp3) is 0.359. The number of rotatable bonds is 19. The van der Waals surface area contributed by atoms with Crippen molar-refractivity contribution in [1.29, 1.82) is 0 Å². The van der Waals surface area contributed by atoms with Gasteiger partial charge in [0, 0.05) is 13.2 Å². The summed E-state index contributed by atoms with van der Waals surface area (Å²) in [5.41, 5.74) is 10.3. The van der Waals surface area contributed by atoms with E-state index in [-0.39, 0.29) is 58.7 Å². The molecule has 570 valence electrons. The van der Waals surface area contributed by atoms with E-state index in [4.69, 9.17) is 48.4 Å². The second-order valence-corrected chi connectivity index (χ2v) is 28.8. The van der Waals surface area contributed by atoms with Gasteiger partial charge in [-0.2, -0.15) is 14.1 Å². The Balaban J connectivity index is 0.000000201. The van der Waals surface area contributed by atoms with Gasteiger partial charge in [0.2, 0.25) is 17.2 Å². The highest BCUT2D eigenvalue weighted by molar-refractivity contribution is 7.98. The molecular formula is C78H84N12O17S2. The van der Waals surface area contributed by atoms with Crippen molar-refractivity contribution in [3.63, 3.8) is 0 Å². The van der Waals surface area contributed by atoms with E-state index < -0.39 is 89.2 Å². The van der Waals surface area contributed by atoms with Gasteiger partial charge in [-0.1, -0.05) is 106 Å². The molecule has 3 saturated heterocycles. The van der Waals surface area contributed by atoms with Crippen molar-refractivity contribution in [3.05, 3.63) is 235 Å². The lowest BCUT2D eigenvalue weighted by atomic mass is 9.91. The molecule has 3 aliphatic heterocycles. The van der Waals surface area contributed by atoms with Gasteiger partial charge in [0.1, 0.15) is 47.4 Å². The predicted molar refractivity (Wildman–Crippen MR) is 401 cm³/mol. The lowest BCUT2D eigenvalue weighted by Gasteiger charge is -2.33. The minimum Gasteiger partial charge on any atom is -0.459 e. The van der Waals surface area contributed by atoms with Gasteiger partial charge >= 0.3 is 35.8 Å². The third-order valence-corrected chi connectivity index (χ3v) is 18.8. The second-order valence-electron chi connectivity index (χ2n) is 27.2. The molecule has 0 saturated carbocycles. The second kappa shape index (κ2) is 35.7. The number of benzene rings is 6. The topological polar surface area (TPSA) is 362 Å². The van der Waals surface area contributed by atoms with Crippen LogP contribution >= 0.6 is 23.5 Å². The number of nitrogens with zero attached hydrogens (tertiary/aromatic N) is 11. The summed E-state index contributed by atoms with van der Waals surface area (Å²) in [6.45, 7) is 21.1. The Hall–Kier alpha value is -11.1. The molecule has 3 aliphatic rings. The zero-order valence-corrected chi connectivity index (χ0v) is 64.0. The van der Waals surface area contributed by atoms with Crippen LogP contribution in [0.1, 0.15) is 167 Å². The molecule has 31 heteroatoms. The van der Waals surface area contributed by atoms with Gasteiger partial charge in [0.25, 0.3) is 0 Å². The summed E-state index contributed by atoms with van der Waals surface area (Å²) in [5, 5.41) is 29.2. The first-order valence-corrected chi connectivity index (χ1v) is 37.1. The van der Waals surface area contributed by atoms with E-state index in [1.807, 2.05) is 47.8 Å².